The highest BCUT2D eigenvalue weighted by molar-refractivity contribution is 14.0. The molecule has 0 bridgehead atoms. The number of guanidine groups is 1. The second-order valence-corrected chi connectivity index (χ2v) is 4.95. The van der Waals surface area contributed by atoms with Crippen molar-refractivity contribution in [2.45, 2.75) is 19.9 Å². The number of nitrogens with one attached hydrogen (secondary N) is 2. The molecular formula is C17H30IN3O3. The van der Waals surface area contributed by atoms with E-state index in [0.29, 0.717) is 19.8 Å². The van der Waals surface area contributed by atoms with Crippen molar-refractivity contribution in [2.75, 3.05) is 47.1 Å². The molecule has 0 aromatic heterocycles. The largest absolute Gasteiger partial charge is 0.491 e. The third-order valence-corrected chi connectivity index (χ3v) is 3.06. The minimum Gasteiger partial charge on any atom is -0.491 e. The van der Waals surface area contributed by atoms with E-state index < -0.39 is 0 Å². The first-order valence-electron chi connectivity index (χ1n) is 8.02. The number of hydrogen-bond acceptors (Lipinski definition) is 4. The highest BCUT2D eigenvalue weighted by Crippen LogP contribution is 2.12. The molecule has 1 aromatic carbocycles. The van der Waals surface area contributed by atoms with Crippen LogP contribution in [0.15, 0.2) is 29.3 Å². The zero-order valence-corrected chi connectivity index (χ0v) is 17.2. The Bertz CT molecular complexity index is 441. The van der Waals surface area contributed by atoms with Crippen LogP contribution in [0.1, 0.15) is 18.9 Å². The topological polar surface area (TPSA) is 64.1 Å². The minimum atomic E-state index is 0. The summed E-state index contributed by atoms with van der Waals surface area (Å²) in [6, 6.07) is 7.97. The molecule has 1 aromatic rings. The number of ether oxygens (including phenoxy) is 3. The second kappa shape index (κ2) is 15.5. The Hall–Kier alpha value is -1.06. The van der Waals surface area contributed by atoms with E-state index in [2.05, 4.69) is 22.5 Å². The Morgan fingerprint density at radius 2 is 1.71 bits per heavy atom. The van der Waals surface area contributed by atoms with Crippen molar-refractivity contribution >= 4 is 29.9 Å². The lowest BCUT2D eigenvalue weighted by atomic mass is 10.2. The Morgan fingerprint density at radius 1 is 1.00 bits per heavy atom. The zero-order valence-electron chi connectivity index (χ0n) is 14.8. The van der Waals surface area contributed by atoms with Gasteiger partial charge in [0.25, 0.3) is 0 Å². The zero-order chi connectivity index (χ0) is 16.8. The van der Waals surface area contributed by atoms with E-state index in [1.165, 1.54) is 0 Å². The van der Waals surface area contributed by atoms with Crippen molar-refractivity contribution in [2.24, 2.45) is 4.99 Å². The predicted octanol–water partition coefficient (Wildman–Crippen LogP) is 2.42. The highest BCUT2D eigenvalue weighted by atomic mass is 127. The van der Waals surface area contributed by atoms with E-state index in [1.807, 2.05) is 24.3 Å². The van der Waals surface area contributed by atoms with Crippen molar-refractivity contribution in [3.63, 3.8) is 0 Å². The van der Waals surface area contributed by atoms with E-state index in [-0.39, 0.29) is 24.0 Å². The summed E-state index contributed by atoms with van der Waals surface area (Å²) in [5, 5.41) is 6.53. The molecule has 0 amide bonds. The molecule has 0 aliphatic rings. The van der Waals surface area contributed by atoms with Crippen molar-refractivity contribution in [1.82, 2.24) is 10.6 Å². The van der Waals surface area contributed by atoms with Gasteiger partial charge in [-0.05, 0) is 31.0 Å². The number of benzene rings is 1. The second-order valence-electron chi connectivity index (χ2n) is 4.95. The van der Waals surface area contributed by atoms with E-state index >= 15 is 0 Å². The summed E-state index contributed by atoms with van der Waals surface area (Å²) >= 11 is 0. The van der Waals surface area contributed by atoms with E-state index in [1.54, 1.807) is 14.2 Å². The fourth-order valence-corrected chi connectivity index (χ4v) is 1.87. The number of nitrogens with zero attached hydrogens (tertiary/aromatic N) is 1. The standard InChI is InChI=1S/C17H29N3O3.HI/c1-4-18-17(19-10-5-11-21-2)20-14-15-6-8-16(9-7-15)23-13-12-22-3;/h6-9H,4-5,10-14H2,1-3H3,(H2,18,19,20);1H. The summed E-state index contributed by atoms with van der Waals surface area (Å²) in [4.78, 5) is 4.58. The molecule has 24 heavy (non-hydrogen) atoms. The lowest BCUT2D eigenvalue weighted by Crippen LogP contribution is -2.38. The quantitative estimate of drug-likeness (QED) is 0.234. The van der Waals surface area contributed by atoms with Crippen LogP contribution in [0.3, 0.4) is 0 Å². The monoisotopic (exact) mass is 451 g/mol. The molecule has 0 saturated heterocycles. The average molecular weight is 451 g/mol. The smallest absolute Gasteiger partial charge is 0.191 e. The van der Waals surface area contributed by atoms with Crippen LogP contribution in [-0.4, -0.2) is 53.1 Å². The fourth-order valence-electron chi connectivity index (χ4n) is 1.87. The van der Waals surface area contributed by atoms with Gasteiger partial charge in [0, 0.05) is 33.9 Å². The van der Waals surface area contributed by atoms with Gasteiger partial charge in [0.05, 0.1) is 13.2 Å². The third kappa shape index (κ3) is 10.7. The maximum Gasteiger partial charge on any atom is 0.191 e. The maximum absolute atomic E-state index is 5.54. The molecule has 0 heterocycles. The van der Waals surface area contributed by atoms with Gasteiger partial charge in [0.1, 0.15) is 12.4 Å². The van der Waals surface area contributed by atoms with Crippen LogP contribution in [0, 0.1) is 0 Å². The Labute approximate surface area is 162 Å². The van der Waals surface area contributed by atoms with Crippen LogP contribution in [0.5, 0.6) is 5.75 Å². The van der Waals surface area contributed by atoms with Crippen molar-refractivity contribution in [3.8, 4) is 5.75 Å². The molecule has 2 N–H and O–H groups in total. The molecular weight excluding hydrogens is 421 g/mol. The Morgan fingerprint density at radius 3 is 2.33 bits per heavy atom. The lowest BCUT2D eigenvalue weighted by molar-refractivity contribution is 0.146. The normalized spacial score (nSPS) is 10.9. The van der Waals surface area contributed by atoms with Gasteiger partial charge in [-0.15, -0.1) is 24.0 Å². The Balaban J connectivity index is 0.00000529. The van der Waals surface area contributed by atoms with Crippen LogP contribution in [0.2, 0.25) is 0 Å². The summed E-state index contributed by atoms with van der Waals surface area (Å²) in [6.07, 6.45) is 0.953. The van der Waals surface area contributed by atoms with Gasteiger partial charge >= 0.3 is 0 Å². The molecule has 7 heteroatoms. The Kier molecular flexibility index (Phi) is 14.8. The highest BCUT2D eigenvalue weighted by Gasteiger charge is 1.98. The van der Waals surface area contributed by atoms with Gasteiger partial charge in [0.2, 0.25) is 0 Å². The summed E-state index contributed by atoms with van der Waals surface area (Å²) < 4.78 is 15.5. The van der Waals surface area contributed by atoms with Crippen LogP contribution in [0.4, 0.5) is 0 Å². The van der Waals surface area contributed by atoms with Gasteiger partial charge in [-0.3, -0.25) is 0 Å². The molecule has 138 valence electrons. The molecule has 1 rings (SSSR count). The lowest BCUT2D eigenvalue weighted by Gasteiger charge is -2.11. The molecule has 0 fully saturated rings. The molecule has 0 spiro atoms. The van der Waals surface area contributed by atoms with Crippen LogP contribution < -0.4 is 15.4 Å². The number of halogens is 1. The van der Waals surface area contributed by atoms with Crippen LogP contribution in [-0.2, 0) is 16.0 Å². The molecule has 0 atom stereocenters. The van der Waals surface area contributed by atoms with Crippen molar-refractivity contribution in [1.29, 1.82) is 0 Å². The third-order valence-electron chi connectivity index (χ3n) is 3.06. The summed E-state index contributed by atoms with van der Waals surface area (Å²) in [5.74, 6) is 1.67. The predicted molar refractivity (Wildman–Crippen MR) is 109 cm³/mol. The number of aliphatic imine (C=N–C) groups is 1. The maximum atomic E-state index is 5.54. The van der Waals surface area contributed by atoms with E-state index in [4.69, 9.17) is 14.2 Å². The van der Waals surface area contributed by atoms with Gasteiger partial charge in [-0.2, -0.15) is 0 Å². The van der Waals surface area contributed by atoms with Gasteiger partial charge in [0.15, 0.2) is 5.96 Å². The first kappa shape index (κ1) is 22.9. The molecule has 0 saturated carbocycles. The summed E-state index contributed by atoms with van der Waals surface area (Å²) in [7, 11) is 3.37. The number of hydrogen-bond donors (Lipinski definition) is 2. The summed E-state index contributed by atoms with van der Waals surface area (Å²) in [5.41, 5.74) is 1.14. The van der Waals surface area contributed by atoms with Crippen LogP contribution >= 0.6 is 24.0 Å². The average Bonchev–Trinajstić information content (AvgIpc) is 2.58. The molecule has 0 aliphatic carbocycles. The molecule has 0 unspecified atom stereocenters. The van der Waals surface area contributed by atoms with E-state index in [0.717, 1.165) is 43.4 Å². The van der Waals surface area contributed by atoms with Crippen molar-refractivity contribution in [3.05, 3.63) is 29.8 Å². The summed E-state index contributed by atoms with van der Waals surface area (Å²) in [6.45, 7) is 6.25. The fraction of sp³-hybridized carbons (Fsp3) is 0.588. The number of rotatable bonds is 11. The number of methoxy groups -OCH3 is 2. The van der Waals surface area contributed by atoms with Gasteiger partial charge in [-0.1, -0.05) is 12.1 Å². The van der Waals surface area contributed by atoms with E-state index in [9.17, 15) is 0 Å². The van der Waals surface area contributed by atoms with Crippen molar-refractivity contribution < 1.29 is 14.2 Å². The first-order valence-corrected chi connectivity index (χ1v) is 8.02. The van der Waals surface area contributed by atoms with Gasteiger partial charge in [-0.25, -0.2) is 4.99 Å². The molecule has 0 radical (unpaired) electrons. The molecule has 6 nitrogen and oxygen atoms in total. The van der Waals surface area contributed by atoms with Crippen LogP contribution in [0.25, 0.3) is 0 Å². The SMILES string of the molecule is CCNC(=NCc1ccc(OCCOC)cc1)NCCCOC.I. The first-order chi connectivity index (χ1) is 11.3. The minimum absolute atomic E-state index is 0. The van der Waals surface area contributed by atoms with Gasteiger partial charge < -0.3 is 24.8 Å². The molecule has 0 aliphatic heterocycles.